The molecule has 108 valence electrons. The smallest absolute Gasteiger partial charge is 0.191 e. The van der Waals surface area contributed by atoms with E-state index in [1.165, 1.54) is 12.1 Å². The van der Waals surface area contributed by atoms with Crippen LogP contribution in [0.3, 0.4) is 0 Å². The predicted molar refractivity (Wildman–Crippen MR) is 76.2 cm³/mol. The van der Waals surface area contributed by atoms with E-state index in [1.54, 1.807) is 25.1 Å². The van der Waals surface area contributed by atoms with Crippen molar-refractivity contribution >= 4 is 5.78 Å². The van der Waals surface area contributed by atoms with Gasteiger partial charge < -0.3 is 9.47 Å². The molecule has 0 saturated heterocycles. The Bertz CT molecular complexity index is 681. The molecule has 3 nitrogen and oxygen atoms in total. The Kier molecular flexibility index (Phi) is 3.60. The molecule has 0 fully saturated rings. The quantitative estimate of drug-likeness (QED) is 0.870. The van der Waals surface area contributed by atoms with E-state index in [9.17, 15) is 9.18 Å². The van der Waals surface area contributed by atoms with Crippen LogP contribution in [0, 0.1) is 12.7 Å². The van der Waals surface area contributed by atoms with Crippen LogP contribution in [-0.4, -0.2) is 18.5 Å². The number of carbonyl (C=O) groups excluding carboxylic acids is 1. The van der Waals surface area contributed by atoms with E-state index in [0.717, 1.165) is 11.1 Å². The number of benzene rings is 2. The Morgan fingerprint density at radius 1 is 1.24 bits per heavy atom. The van der Waals surface area contributed by atoms with E-state index in [4.69, 9.17) is 9.47 Å². The maximum atomic E-state index is 13.1. The summed E-state index contributed by atoms with van der Waals surface area (Å²) >= 11 is 0. The zero-order chi connectivity index (χ0) is 14.8. The highest BCUT2D eigenvalue weighted by Crippen LogP contribution is 2.31. The maximum Gasteiger partial charge on any atom is 0.191 e. The summed E-state index contributed by atoms with van der Waals surface area (Å²) in [7, 11) is 0. The molecule has 1 aliphatic heterocycles. The molecule has 0 aromatic heterocycles. The molecule has 0 amide bonds. The van der Waals surface area contributed by atoms with E-state index in [1.807, 2.05) is 12.1 Å². The van der Waals surface area contributed by atoms with E-state index >= 15 is 0 Å². The lowest BCUT2D eigenvalue weighted by Crippen LogP contribution is -2.37. The van der Waals surface area contributed by atoms with Crippen LogP contribution >= 0.6 is 0 Å². The van der Waals surface area contributed by atoms with Crippen LogP contribution in [0.2, 0.25) is 0 Å². The molecule has 0 radical (unpaired) electrons. The van der Waals surface area contributed by atoms with E-state index < -0.39 is 6.10 Å². The average Bonchev–Trinajstić information content (AvgIpc) is 2.49. The summed E-state index contributed by atoms with van der Waals surface area (Å²) in [6.45, 7) is 2.00. The molecular formula is C17H15FO3. The molecule has 1 unspecified atom stereocenters. The van der Waals surface area contributed by atoms with Gasteiger partial charge in [-0.1, -0.05) is 18.2 Å². The summed E-state index contributed by atoms with van der Waals surface area (Å²) in [4.78, 5) is 12.3. The molecular weight excluding hydrogens is 271 g/mol. The molecule has 4 heteroatoms. The van der Waals surface area contributed by atoms with Crippen molar-refractivity contribution < 1.29 is 18.7 Å². The van der Waals surface area contributed by atoms with Gasteiger partial charge >= 0.3 is 0 Å². The summed E-state index contributed by atoms with van der Waals surface area (Å²) in [5.41, 5.74) is 1.57. The zero-order valence-corrected chi connectivity index (χ0v) is 11.6. The van der Waals surface area contributed by atoms with Gasteiger partial charge in [-0.05, 0) is 42.3 Å². The van der Waals surface area contributed by atoms with Crippen LogP contribution in [0.25, 0.3) is 0 Å². The summed E-state index contributed by atoms with van der Waals surface area (Å²) in [5.74, 6) is 0.867. The first-order valence-corrected chi connectivity index (χ1v) is 6.80. The first kappa shape index (κ1) is 13.6. The first-order chi connectivity index (χ1) is 10.1. The highest BCUT2D eigenvalue weighted by molar-refractivity contribution is 5.86. The van der Waals surface area contributed by atoms with Crippen LogP contribution < -0.4 is 9.47 Å². The van der Waals surface area contributed by atoms with Gasteiger partial charge in [-0.15, -0.1) is 0 Å². The second kappa shape index (κ2) is 5.56. The Hall–Kier alpha value is -2.36. The predicted octanol–water partition coefficient (Wildman–Crippen LogP) is 3.09. The number of halogens is 1. The average molecular weight is 286 g/mol. The minimum absolute atomic E-state index is 0.0702. The van der Waals surface area contributed by atoms with Crippen molar-refractivity contribution in [3.63, 3.8) is 0 Å². The minimum Gasteiger partial charge on any atom is -0.485 e. The first-order valence-electron chi connectivity index (χ1n) is 6.80. The molecule has 1 aliphatic rings. The van der Waals surface area contributed by atoms with Crippen molar-refractivity contribution in [3.8, 4) is 11.5 Å². The summed E-state index contributed by atoms with van der Waals surface area (Å²) in [5, 5.41) is 0. The molecule has 2 aromatic rings. The van der Waals surface area contributed by atoms with Crippen molar-refractivity contribution in [3.05, 3.63) is 59.4 Å². The highest BCUT2D eigenvalue weighted by atomic mass is 19.1. The lowest BCUT2D eigenvalue weighted by molar-refractivity contribution is -0.127. The van der Waals surface area contributed by atoms with E-state index in [2.05, 4.69) is 0 Å². The molecule has 2 aromatic carbocycles. The van der Waals surface area contributed by atoms with Gasteiger partial charge in [0.25, 0.3) is 0 Å². The Balaban J connectivity index is 1.72. The summed E-state index contributed by atoms with van der Waals surface area (Å²) < 4.78 is 24.3. The normalized spacial score (nSPS) is 16.6. The fraction of sp³-hybridized carbons (Fsp3) is 0.235. The fourth-order valence-corrected chi connectivity index (χ4v) is 2.34. The zero-order valence-electron chi connectivity index (χ0n) is 11.6. The molecule has 0 aliphatic carbocycles. The fourth-order valence-electron chi connectivity index (χ4n) is 2.34. The standard InChI is InChI=1S/C17H15FO3/c1-11-8-13(18)7-6-12(11)9-14(19)17-10-20-15-4-2-3-5-16(15)21-17/h2-8,17H,9-10H2,1H3. The maximum absolute atomic E-state index is 13.1. The number of aryl methyl sites for hydroxylation is 1. The third kappa shape index (κ3) is 2.89. The summed E-state index contributed by atoms with van der Waals surface area (Å²) in [6.07, 6.45) is -0.410. The molecule has 0 N–H and O–H groups in total. The molecule has 3 rings (SSSR count). The number of ketones is 1. The Morgan fingerprint density at radius 2 is 2.00 bits per heavy atom. The number of rotatable bonds is 3. The number of fused-ring (bicyclic) bond motifs is 1. The van der Waals surface area contributed by atoms with Crippen LogP contribution in [0.1, 0.15) is 11.1 Å². The molecule has 0 saturated carbocycles. The number of para-hydroxylation sites is 2. The lowest BCUT2D eigenvalue weighted by Gasteiger charge is -2.25. The third-order valence-corrected chi connectivity index (χ3v) is 3.54. The third-order valence-electron chi connectivity index (χ3n) is 3.54. The number of ether oxygens (including phenoxy) is 2. The van der Waals surface area contributed by atoms with Crippen molar-refractivity contribution in [1.29, 1.82) is 0 Å². The van der Waals surface area contributed by atoms with Crippen LogP contribution in [0.4, 0.5) is 4.39 Å². The van der Waals surface area contributed by atoms with Gasteiger partial charge in [0.2, 0.25) is 0 Å². The van der Waals surface area contributed by atoms with Crippen molar-refractivity contribution in [1.82, 2.24) is 0 Å². The SMILES string of the molecule is Cc1cc(F)ccc1CC(=O)C1COc2ccccc2O1. The minimum atomic E-state index is -0.621. The van der Waals surface area contributed by atoms with Crippen molar-refractivity contribution in [2.45, 2.75) is 19.4 Å². The molecule has 1 heterocycles. The van der Waals surface area contributed by atoms with Gasteiger partial charge in [-0.25, -0.2) is 4.39 Å². The van der Waals surface area contributed by atoms with Gasteiger partial charge in [0.15, 0.2) is 23.4 Å². The number of carbonyl (C=O) groups is 1. The summed E-state index contributed by atoms with van der Waals surface area (Å²) in [6, 6.07) is 11.7. The highest BCUT2D eigenvalue weighted by Gasteiger charge is 2.27. The Labute approximate surface area is 122 Å². The topological polar surface area (TPSA) is 35.5 Å². The molecule has 1 atom stereocenters. The van der Waals surface area contributed by atoms with Crippen LogP contribution in [-0.2, 0) is 11.2 Å². The van der Waals surface area contributed by atoms with Gasteiger partial charge in [0, 0.05) is 6.42 Å². The lowest BCUT2D eigenvalue weighted by atomic mass is 10.0. The monoisotopic (exact) mass is 286 g/mol. The number of Topliss-reactive ketones (excluding diaryl/α,β-unsaturated/α-hetero) is 1. The molecule has 0 bridgehead atoms. The molecule has 21 heavy (non-hydrogen) atoms. The largest absolute Gasteiger partial charge is 0.485 e. The van der Waals surface area contributed by atoms with Gasteiger partial charge in [0.05, 0.1) is 0 Å². The van der Waals surface area contributed by atoms with Crippen molar-refractivity contribution in [2.75, 3.05) is 6.61 Å². The second-order valence-corrected chi connectivity index (χ2v) is 5.08. The second-order valence-electron chi connectivity index (χ2n) is 5.08. The van der Waals surface area contributed by atoms with Crippen LogP contribution in [0.5, 0.6) is 11.5 Å². The molecule has 0 spiro atoms. The van der Waals surface area contributed by atoms with E-state index in [0.29, 0.717) is 11.5 Å². The van der Waals surface area contributed by atoms with Gasteiger partial charge in [-0.3, -0.25) is 4.79 Å². The van der Waals surface area contributed by atoms with E-state index in [-0.39, 0.29) is 24.6 Å². The number of hydrogen-bond acceptors (Lipinski definition) is 3. The van der Waals surface area contributed by atoms with Crippen molar-refractivity contribution in [2.24, 2.45) is 0 Å². The van der Waals surface area contributed by atoms with Gasteiger partial charge in [0.1, 0.15) is 12.4 Å². The van der Waals surface area contributed by atoms with Crippen LogP contribution in [0.15, 0.2) is 42.5 Å². The number of hydrogen-bond donors (Lipinski definition) is 0. The Morgan fingerprint density at radius 3 is 2.76 bits per heavy atom. The van der Waals surface area contributed by atoms with Gasteiger partial charge in [-0.2, -0.15) is 0 Å².